The second kappa shape index (κ2) is 9.23. The van der Waals surface area contributed by atoms with Gasteiger partial charge in [0.2, 0.25) is 5.91 Å². The number of hydrogen-bond donors (Lipinski definition) is 2. The van der Waals surface area contributed by atoms with Crippen LogP contribution in [0.4, 0.5) is 18.3 Å². The highest BCUT2D eigenvalue weighted by atomic mass is 35.5. The lowest BCUT2D eigenvalue weighted by Crippen LogP contribution is -2.33. The molecule has 156 valence electrons. The normalized spacial score (nSPS) is 11.2. The van der Waals surface area contributed by atoms with Crippen LogP contribution in [0.5, 0.6) is 0 Å². The van der Waals surface area contributed by atoms with Gasteiger partial charge in [-0.3, -0.25) is 14.6 Å². The highest BCUT2D eigenvalue weighted by Gasteiger charge is 2.30. The summed E-state index contributed by atoms with van der Waals surface area (Å²) in [4.78, 5) is 32.5. The molecule has 1 aromatic carbocycles. The van der Waals surface area contributed by atoms with Gasteiger partial charge in [-0.25, -0.2) is 4.98 Å². The minimum atomic E-state index is -4.41. The summed E-state index contributed by atoms with van der Waals surface area (Å²) in [7, 11) is 0. The van der Waals surface area contributed by atoms with Gasteiger partial charge in [-0.05, 0) is 23.8 Å². The number of benzene rings is 1. The van der Waals surface area contributed by atoms with Crippen molar-refractivity contribution in [2.45, 2.75) is 12.6 Å². The van der Waals surface area contributed by atoms with E-state index in [0.29, 0.717) is 15.5 Å². The monoisotopic (exact) mass is 454 g/mol. The van der Waals surface area contributed by atoms with Crippen molar-refractivity contribution in [2.24, 2.45) is 0 Å². The van der Waals surface area contributed by atoms with Gasteiger partial charge in [-0.15, -0.1) is 11.3 Å². The summed E-state index contributed by atoms with van der Waals surface area (Å²) in [6.07, 6.45) is -1.31. The van der Waals surface area contributed by atoms with Crippen LogP contribution in [0.1, 0.15) is 26.5 Å². The van der Waals surface area contributed by atoms with Crippen molar-refractivity contribution in [3.05, 3.63) is 75.5 Å². The number of rotatable bonds is 6. The molecule has 2 aromatic heterocycles. The average molecular weight is 455 g/mol. The zero-order valence-electron chi connectivity index (χ0n) is 15.2. The molecule has 0 bridgehead atoms. The molecule has 0 atom stereocenters. The number of nitrogens with one attached hydrogen (secondary N) is 2. The maximum Gasteiger partial charge on any atom is 0.416 e. The fourth-order valence-electron chi connectivity index (χ4n) is 2.45. The zero-order valence-corrected chi connectivity index (χ0v) is 16.7. The largest absolute Gasteiger partial charge is 0.416 e. The van der Waals surface area contributed by atoms with Crippen LogP contribution in [0, 0.1) is 0 Å². The van der Waals surface area contributed by atoms with Gasteiger partial charge in [0.15, 0.2) is 5.13 Å². The van der Waals surface area contributed by atoms with E-state index in [4.69, 9.17) is 11.6 Å². The first-order valence-electron chi connectivity index (χ1n) is 8.51. The van der Waals surface area contributed by atoms with Crippen LogP contribution < -0.4 is 10.6 Å². The van der Waals surface area contributed by atoms with Crippen LogP contribution in [0.15, 0.2) is 48.8 Å². The van der Waals surface area contributed by atoms with Crippen molar-refractivity contribution in [2.75, 3.05) is 11.9 Å². The number of thiazole rings is 1. The van der Waals surface area contributed by atoms with Crippen LogP contribution in [0.3, 0.4) is 0 Å². The van der Waals surface area contributed by atoms with Gasteiger partial charge in [-0.2, -0.15) is 13.2 Å². The van der Waals surface area contributed by atoms with Gasteiger partial charge in [-0.1, -0.05) is 29.8 Å². The third-order valence-electron chi connectivity index (χ3n) is 3.80. The van der Waals surface area contributed by atoms with E-state index in [9.17, 15) is 22.8 Å². The summed E-state index contributed by atoms with van der Waals surface area (Å²) in [5, 5.41) is 5.56. The number of anilines is 1. The highest BCUT2D eigenvalue weighted by Crippen LogP contribution is 2.30. The molecule has 0 saturated carbocycles. The van der Waals surface area contributed by atoms with Crippen molar-refractivity contribution in [1.82, 2.24) is 15.3 Å². The van der Waals surface area contributed by atoms with Gasteiger partial charge in [0.05, 0.1) is 12.1 Å². The Morgan fingerprint density at radius 2 is 1.93 bits per heavy atom. The van der Waals surface area contributed by atoms with Crippen LogP contribution in [0.25, 0.3) is 0 Å². The number of carbonyl (C=O) groups excluding carboxylic acids is 2. The zero-order chi connectivity index (χ0) is 21.7. The molecule has 0 radical (unpaired) electrons. The third kappa shape index (κ3) is 6.01. The van der Waals surface area contributed by atoms with Gasteiger partial charge in [0.1, 0.15) is 5.69 Å². The molecule has 6 nitrogen and oxygen atoms in total. The number of nitrogens with zero attached hydrogens (tertiary/aromatic N) is 2. The maximum atomic E-state index is 12.8. The van der Waals surface area contributed by atoms with Crippen LogP contribution in [-0.2, 0) is 17.4 Å². The van der Waals surface area contributed by atoms with E-state index in [1.165, 1.54) is 30.6 Å². The third-order valence-corrected chi connectivity index (χ3v) is 4.94. The van der Waals surface area contributed by atoms with E-state index in [0.717, 1.165) is 23.5 Å². The number of halogens is 4. The molecule has 0 spiro atoms. The molecular weight excluding hydrogens is 441 g/mol. The summed E-state index contributed by atoms with van der Waals surface area (Å²) >= 11 is 6.92. The lowest BCUT2D eigenvalue weighted by Gasteiger charge is -2.07. The molecular formula is C19H14ClF3N4O2S. The van der Waals surface area contributed by atoms with Gasteiger partial charge in [0, 0.05) is 28.7 Å². The second-order valence-corrected chi connectivity index (χ2v) is 7.65. The van der Waals surface area contributed by atoms with Crippen molar-refractivity contribution < 1.29 is 22.8 Å². The standard InChI is InChI=1S/C19H14ClF3N4O2S/c20-13-4-5-24-15(8-13)17(29)25-10-16(28)27-18-26-9-14(30-18)7-11-2-1-3-12(6-11)19(21,22)23/h1-6,8-9H,7,10H2,(H,25,29)(H,26,27,28). The predicted octanol–water partition coefficient (Wildman–Crippen LogP) is 4.17. The SMILES string of the molecule is O=C(CNC(=O)c1cc(Cl)ccn1)Nc1ncc(Cc2cccc(C(F)(F)F)c2)s1. The van der Waals surface area contributed by atoms with Gasteiger partial charge in [0.25, 0.3) is 5.91 Å². The molecule has 0 aliphatic heterocycles. The molecule has 2 N–H and O–H groups in total. The Bertz CT molecular complexity index is 1070. The first kappa shape index (κ1) is 21.7. The lowest BCUT2D eigenvalue weighted by atomic mass is 10.1. The van der Waals surface area contributed by atoms with E-state index in [1.54, 1.807) is 6.07 Å². The van der Waals surface area contributed by atoms with E-state index in [1.807, 2.05) is 0 Å². The summed E-state index contributed by atoms with van der Waals surface area (Å²) in [5.41, 5.74) is -0.163. The first-order valence-corrected chi connectivity index (χ1v) is 9.70. The summed E-state index contributed by atoms with van der Waals surface area (Å²) in [6, 6.07) is 7.92. The highest BCUT2D eigenvalue weighted by molar-refractivity contribution is 7.15. The number of hydrogen-bond acceptors (Lipinski definition) is 5. The minimum absolute atomic E-state index is 0.0768. The summed E-state index contributed by atoms with van der Waals surface area (Å²) in [5.74, 6) is -1.07. The first-order chi connectivity index (χ1) is 14.2. The lowest BCUT2D eigenvalue weighted by molar-refractivity contribution is -0.137. The van der Waals surface area contributed by atoms with Crippen LogP contribution in [-0.4, -0.2) is 28.3 Å². The van der Waals surface area contributed by atoms with Crippen molar-refractivity contribution in [3.8, 4) is 0 Å². The number of pyridine rings is 1. The smallest absolute Gasteiger partial charge is 0.342 e. The molecule has 0 saturated heterocycles. The number of aromatic nitrogens is 2. The minimum Gasteiger partial charge on any atom is -0.342 e. The average Bonchev–Trinajstić information content (AvgIpc) is 3.12. The summed E-state index contributed by atoms with van der Waals surface area (Å²) in [6.45, 7) is -0.310. The Morgan fingerprint density at radius 3 is 2.67 bits per heavy atom. The quantitative estimate of drug-likeness (QED) is 0.585. The molecule has 2 heterocycles. The second-order valence-electron chi connectivity index (χ2n) is 6.10. The molecule has 3 aromatic rings. The van der Waals surface area contributed by atoms with E-state index < -0.39 is 23.6 Å². The number of alkyl halides is 3. The molecule has 2 amide bonds. The van der Waals surface area contributed by atoms with Crippen LogP contribution >= 0.6 is 22.9 Å². The Labute approximate surface area is 178 Å². The molecule has 3 rings (SSSR count). The Balaban J connectivity index is 1.54. The maximum absolute atomic E-state index is 12.8. The number of carbonyl (C=O) groups is 2. The van der Waals surface area contributed by atoms with E-state index in [-0.39, 0.29) is 23.8 Å². The van der Waals surface area contributed by atoms with Crippen molar-refractivity contribution >= 4 is 39.9 Å². The predicted molar refractivity (Wildman–Crippen MR) is 107 cm³/mol. The Kier molecular flexibility index (Phi) is 6.68. The molecule has 30 heavy (non-hydrogen) atoms. The fourth-order valence-corrected chi connectivity index (χ4v) is 3.47. The van der Waals surface area contributed by atoms with Crippen molar-refractivity contribution in [3.63, 3.8) is 0 Å². The Hall–Kier alpha value is -2.98. The molecule has 0 fully saturated rings. The summed E-state index contributed by atoms with van der Waals surface area (Å²) < 4.78 is 38.4. The number of amides is 2. The van der Waals surface area contributed by atoms with Crippen LogP contribution in [0.2, 0.25) is 5.02 Å². The molecule has 0 unspecified atom stereocenters. The van der Waals surface area contributed by atoms with Gasteiger partial charge >= 0.3 is 6.18 Å². The molecule has 11 heteroatoms. The van der Waals surface area contributed by atoms with Gasteiger partial charge < -0.3 is 10.6 Å². The molecule has 0 aliphatic carbocycles. The Morgan fingerprint density at radius 1 is 1.13 bits per heavy atom. The molecule has 0 aliphatic rings. The van der Waals surface area contributed by atoms with Crippen molar-refractivity contribution in [1.29, 1.82) is 0 Å². The van der Waals surface area contributed by atoms with E-state index >= 15 is 0 Å². The topological polar surface area (TPSA) is 84.0 Å². The fraction of sp³-hybridized carbons (Fsp3) is 0.158. The van der Waals surface area contributed by atoms with E-state index in [2.05, 4.69) is 20.6 Å².